The topological polar surface area (TPSA) is 89.8 Å². The first kappa shape index (κ1) is 24.5. The van der Waals surface area contributed by atoms with Crippen molar-refractivity contribution >= 4 is 19.8 Å². The highest BCUT2D eigenvalue weighted by Gasteiger charge is 2.51. The Balaban J connectivity index is 0.000000858. The molecule has 0 radical (unpaired) electrons. The van der Waals surface area contributed by atoms with Crippen LogP contribution in [0.4, 0.5) is 5.69 Å². The zero-order valence-electron chi connectivity index (χ0n) is 19.5. The van der Waals surface area contributed by atoms with Crippen LogP contribution in [-0.2, 0) is 4.79 Å². The molecule has 1 saturated heterocycles. The molecule has 2 heterocycles. The Morgan fingerprint density at radius 3 is 2.26 bits per heavy atom. The lowest BCUT2D eigenvalue weighted by molar-refractivity contribution is -0.124. The molecule has 0 amide bonds. The number of rotatable bonds is 4. The Morgan fingerprint density at radius 1 is 1.16 bits per heavy atom. The molecule has 7 nitrogen and oxygen atoms in total. The van der Waals surface area contributed by atoms with Crippen LogP contribution >= 0.6 is 8.38 Å². The van der Waals surface area contributed by atoms with Gasteiger partial charge in [0.2, 0.25) is 0 Å². The number of aromatic nitrogens is 2. The summed E-state index contributed by atoms with van der Waals surface area (Å²) in [4.78, 5) is 44.9. The van der Waals surface area contributed by atoms with Crippen LogP contribution in [0.2, 0.25) is 0 Å². The van der Waals surface area contributed by atoms with E-state index < -0.39 is 8.38 Å². The predicted molar refractivity (Wildman–Crippen MR) is 125 cm³/mol. The van der Waals surface area contributed by atoms with Gasteiger partial charge >= 0.3 is 0 Å². The lowest BCUT2D eigenvalue weighted by Gasteiger charge is -2.57. The van der Waals surface area contributed by atoms with Crippen molar-refractivity contribution in [2.24, 2.45) is 11.3 Å². The average molecular weight is 451 g/mol. The van der Waals surface area contributed by atoms with Gasteiger partial charge in [-0.2, -0.15) is 0 Å². The van der Waals surface area contributed by atoms with E-state index in [1.54, 1.807) is 6.92 Å². The largest absolute Gasteiger partial charge is 0.366 e. The van der Waals surface area contributed by atoms with E-state index >= 15 is 0 Å². The van der Waals surface area contributed by atoms with Crippen LogP contribution in [0.5, 0.6) is 0 Å². The minimum Gasteiger partial charge on any atom is -0.366 e. The van der Waals surface area contributed by atoms with Gasteiger partial charge in [0.15, 0.2) is 8.38 Å². The highest BCUT2D eigenvalue weighted by Crippen LogP contribution is 2.56. The predicted octanol–water partition coefficient (Wildman–Crippen LogP) is 3.87. The van der Waals surface area contributed by atoms with Crippen molar-refractivity contribution in [1.29, 1.82) is 0 Å². The van der Waals surface area contributed by atoms with Gasteiger partial charge in [0.05, 0.1) is 23.9 Å². The molecule has 8 heteroatoms. The molecule has 4 rings (SSSR count). The van der Waals surface area contributed by atoms with Crippen molar-refractivity contribution in [3.05, 3.63) is 18.2 Å². The summed E-state index contributed by atoms with van der Waals surface area (Å²) in [6.45, 7) is 10.1. The van der Waals surface area contributed by atoms with E-state index in [1.165, 1.54) is 6.42 Å². The average Bonchev–Trinajstić information content (AvgIpc) is 2.73. The molecule has 1 unspecified atom stereocenters. The number of carbonyl (C=O) groups is 1. The molecule has 174 valence electrons. The molecule has 1 aromatic rings. The molecule has 1 aromatic heterocycles. The second-order valence-electron chi connectivity index (χ2n) is 9.63. The van der Waals surface area contributed by atoms with Crippen LogP contribution in [0.1, 0.15) is 71.5 Å². The number of Topliss-reactive ketones (excluding diaryl/α,β-unsaturated/α-hetero) is 1. The number of aryl methyl sites for hydroxylation is 1. The van der Waals surface area contributed by atoms with Crippen molar-refractivity contribution in [2.75, 3.05) is 24.5 Å². The lowest BCUT2D eigenvalue weighted by atomic mass is 9.56. The lowest BCUT2D eigenvalue weighted by Crippen LogP contribution is -2.61. The van der Waals surface area contributed by atoms with Crippen molar-refractivity contribution in [2.45, 2.75) is 84.5 Å². The van der Waals surface area contributed by atoms with Gasteiger partial charge in [-0.15, -0.1) is 0 Å². The zero-order valence-corrected chi connectivity index (χ0v) is 20.4. The van der Waals surface area contributed by atoms with Crippen LogP contribution in [0, 0.1) is 18.3 Å². The van der Waals surface area contributed by atoms with E-state index in [0.29, 0.717) is 23.8 Å². The quantitative estimate of drug-likeness (QED) is 0.673. The Morgan fingerprint density at radius 2 is 1.74 bits per heavy atom. The van der Waals surface area contributed by atoms with E-state index in [0.717, 1.165) is 63.1 Å². The van der Waals surface area contributed by atoms with E-state index in [1.807, 2.05) is 19.3 Å². The Kier molecular flexibility index (Phi) is 8.42. The number of anilines is 1. The molecule has 3 fully saturated rings. The fourth-order valence-electron chi connectivity index (χ4n) is 5.41. The Bertz CT molecular complexity index is 714. The number of carbonyl (C=O) groups excluding carboxylic acids is 1. The van der Waals surface area contributed by atoms with Crippen molar-refractivity contribution in [1.82, 2.24) is 14.9 Å². The molecule has 2 N–H and O–H groups in total. The zero-order chi connectivity index (χ0) is 22.6. The molecule has 1 spiro atoms. The minimum absolute atomic E-state index is 0.235. The number of hydrogen-bond donors (Lipinski definition) is 2. The maximum absolute atomic E-state index is 11.6. The van der Waals surface area contributed by atoms with Crippen molar-refractivity contribution in [3.63, 3.8) is 0 Å². The summed E-state index contributed by atoms with van der Waals surface area (Å²) in [5.41, 5.74) is 1.33. The number of hydrogen-bond acceptors (Lipinski definition) is 7. The third kappa shape index (κ3) is 5.81. The van der Waals surface area contributed by atoms with E-state index in [-0.39, 0.29) is 11.7 Å². The minimum atomic E-state index is -2.03. The monoisotopic (exact) mass is 450 g/mol. The van der Waals surface area contributed by atoms with Crippen LogP contribution in [-0.4, -0.2) is 61.9 Å². The molecule has 0 bridgehead atoms. The van der Waals surface area contributed by atoms with Gasteiger partial charge < -0.3 is 14.7 Å². The standard InChI is InChI=1S/C20H31N4O3P.C3H8/c1-14(25)16-3-5-20(6-4-16)9-17(10-20)24-8-7-23(13-19(24)28(26)27)18-11-21-15(2)22-12-18;1-3-2/h11-12,16-17,19,26-27H,3-10,13H2,1-2H3;3H2,1-2H3. The van der Waals surface area contributed by atoms with Crippen LogP contribution < -0.4 is 4.90 Å². The molecule has 3 aliphatic rings. The van der Waals surface area contributed by atoms with E-state index in [4.69, 9.17) is 0 Å². The van der Waals surface area contributed by atoms with Gasteiger partial charge in [0.1, 0.15) is 11.6 Å². The highest BCUT2D eigenvalue weighted by molar-refractivity contribution is 7.45. The number of ketones is 1. The van der Waals surface area contributed by atoms with Gasteiger partial charge in [-0.05, 0) is 57.8 Å². The van der Waals surface area contributed by atoms with Gasteiger partial charge in [0, 0.05) is 31.6 Å². The second-order valence-corrected chi connectivity index (χ2v) is 10.9. The van der Waals surface area contributed by atoms with Crippen LogP contribution in [0.25, 0.3) is 0 Å². The van der Waals surface area contributed by atoms with Crippen LogP contribution in [0.3, 0.4) is 0 Å². The molecule has 0 aromatic carbocycles. The normalized spacial score (nSPS) is 31.2. The summed E-state index contributed by atoms with van der Waals surface area (Å²) >= 11 is 0. The molecule has 1 aliphatic heterocycles. The molecular weight excluding hydrogens is 411 g/mol. The van der Waals surface area contributed by atoms with Crippen molar-refractivity contribution < 1.29 is 14.6 Å². The third-order valence-corrected chi connectivity index (χ3v) is 8.21. The maximum Gasteiger partial charge on any atom is 0.185 e. The highest BCUT2D eigenvalue weighted by atomic mass is 31.2. The summed E-state index contributed by atoms with van der Waals surface area (Å²) in [5, 5.41) is 0. The fourth-order valence-corrected chi connectivity index (χ4v) is 6.33. The second kappa shape index (κ2) is 10.7. The summed E-state index contributed by atoms with van der Waals surface area (Å²) in [7, 11) is -2.03. The Labute approximate surface area is 188 Å². The van der Waals surface area contributed by atoms with Gasteiger partial charge in [-0.1, -0.05) is 20.3 Å². The molecule has 2 aliphatic carbocycles. The van der Waals surface area contributed by atoms with Crippen LogP contribution in [0.15, 0.2) is 12.4 Å². The van der Waals surface area contributed by atoms with E-state index in [2.05, 4.69) is 33.6 Å². The van der Waals surface area contributed by atoms with Gasteiger partial charge in [-0.3, -0.25) is 9.69 Å². The summed E-state index contributed by atoms with van der Waals surface area (Å²) in [5.74, 6) is 1.11. The van der Waals surface area contributed by atoms with E-state index in [9.17, 15) is 14.6 Å². The first-order valence-electron chi connectivity index (χ1n) is 11.8. The first-order chi connectivity index (χ1) is 14.8. The summed E-state index contributed by atoms with van der Waals surface area (Å²) in [6, 6.07) is 0.430. The fraction of sp³-hybridized carbons (Fsp3) is 0.783. The SMILES string of the molecule is CC(=O)C1CCC2(CC1)CC(N1CCN(c3cnc(C)nc3)CC1P(O)O)C2.CCC. The summed E-state index contributed by atoms with van der Waals surface area (Å²) in [6.07, 6.45) is 11.5. The van der Waals surface area contributed by atoms with Gasteiger partial charge in [0.25, 0.3) is 0 Å². The van der Waals surface area contributed by atoms with Crippen molar-refractivity contribution in [3.8, 4) is 0 Å². The molecule has 31 heavy (non-hydrogen) atoms. The molecule has 2 saturated carbocycles. The number of nitrogens with zero attached hydrogens (tertiary/aromatic N) is 4. The molecular formula is C23H39N4O3P. The smallest absolute Gasteiger partial charge is 0.185 e. The Hall–Kier alpha value is -1.14. The summed E-state index contributed by atoms with van der Waals surface area (Å²) < 4.78 is 0. The number of piperazine rings is 1. The maximum atomic E-state index is 11.6. The molecule has 1 atom stereocenters. The van der Waals surface area contributed by atoms with Gasteiger partial charge in [-0.25, -0.2) is 9.97 Å². The first-order valence-corrected chi connectivity index (χ1v) is 13.1. The third-order valence-electron chi connectivity index (χ3n) is 7.22.